The largest absolute Gasteiger partial charge is 0.500 e. The minimum atomic E-state index is -0.733. The lowest BCUT2D eigenvalue weighted by molar-refractivity contribution is -0.123. The van der Waals surface area contributed by atoms with Crippen LogP contribution in [0.1, 0.15) is 27.2 Å². The summed E-state index contributed by atoms with van der Waals surface area (Å²) >= 11 is 8.20. The molecule has 2 amide bonds. The van der Waals surface area contributed by atoms with Crippen LogP contribution in [-0.4, -0.2) is 29.9 Å². The molecule has 6 nitrogen and oxygen atoms in total. The smallest absolute Gasteiger partial charge is 0.259 e. The fraction of sp³-hybridized carbons (Fsp3) is 0.240. The zero-order valence-corrected chi connectivity index (χ0v) is 19.8. The molecule has 1 N–H and O–H groups in total. The van der Waals surface area contributed by atoms with Gasteiger partial charge < -0.3 is 15.0 Å². The Morgan fingerprint density at radius 1 is 1.24 bits per heavy atom. The summed E-state index contributed by atoms with van der Waals surface area (Å²) in [7, 11) is 0. The summed E-state index contributed by atoms with van der Waals surface area (Å²) in [6.07, 6.45) is 3.98. The molecule has 0 fully saturated rings. The van der Waals surface area contributed by atoms with Crippen LogP contribution in [0.25, 0.3) is 11.3 Å². The van der Waals surface area contributed by atoms with Crippen LogP contribution in [-0.2, 0) is 16.0 Å². The molecule has 168 valence electrons. The Hall–Kier alpha value is -3.16. The number of para-hydroxylation sites is 1. The number of anilines is 2. The number of ether oxygens (including phenoxy) is 1. The number of carbonyl (C=O) groups is 2. The van der Waals surface area contributed by atoms with Crippen LogP contribution in [0.15, 0.2) is 54.8 Å². The molecule has 3 heterocycles. The number of hydrogen-bond acceptors (Lipinski definition) is 5. The predicted molar refractivity (Wildman–Crippen MR) is 131 cm³/mol. The molecule has 1 aromatic heterocycles. The minimum absolute atomic E-state index is 0.184. The zero-order valence-electron chi connectivity index (χ0n) is 18.2. The highest BCUT2D eigenvalue weighted by Crippen LogP contribution is 2.39. The number of aryl methyl sites for hydroxylation is 1. The number of nitrogens with one attached hydrogen (secondary N) is 1. The molecule has 2 aromatic carbocycles. The van der Waals surface area contributed by atoms with Gasteiger partial charge in [-0.2, -0.15) is 0 Å². The van der Waals surface area contributed by atoms with Gasteiger partial charge in [0, 0.05) is 29.1 Å². The number of fused-ring (bicyclic) bond motifs is 3. The maximum absolute atomic E-state index is 13.6. The Morgan fingerprint density at radius 2 is 2.06 bits per heavy atom. The van der Waals surface area contributed by atoms with Gasteiger partial charge >= 0.3 is 0 Å². The molecule has 0 aliphatic carbocycles. The fourth-order valence-corrected chi connectivity index (χ4v) is 5.30. The summed E-state index contributed by atoms with van der Waals surface area (Å²) in [6, 6.07) is 12.8. The second kappa shape index (κ2) is 8.32. The molecule has 8 heteroatoms. The van der Waals surface area contributed by atoms with Crippen LogP contribution in [0.3, 0.4) is 0 Å². The van der Waals surface area contributed by atoms with E-state index in [0.29, 0.717) is 17.8 Å². The van der Waals surface area contributed by atoms with E-state index in [-0.39, 0.29) is 23.4 Å². The molecule has 2 aliphatic rings. The van der Waals surface area contributed by atoms with Crippen molar-refractivity contribution in [3.05, 3.63) is 75.3 Å². The van der Waals surface area contributed by atoms with Gasteiger partial charge in [0.2, 0.25) is 5.91 Å². The Morgan fingerprint density at radius 3 is 2.82 bits per heavy atom. The van der Waals surface area contributed by atoms with E-state index in [9.17, 15) is 9.59 Å². The number of hydrogen-bond donors (Lipinski definition) is 1. The Kier molecular flexibility index (Phi) is 5.46. The number of nitrogens with zero attached hydrogens (tertiary/aromatic N) is 2. The van der Waals surface area contributed by atoms with Gasteiger partial charge in [0.05, 0.1) is 33.2 Å². The van der Waals surface area contributed by atoms with Crippen LogP contribution < -0.4 is 10.2 Å². The monoisotopic (exact) mass is 479 g/mol. The average molecular weight is 480 g/mol. The average Bonchev–Trinajstić information content (AvgIpc) is 3.37. The van der Waals surface area contributed by atoms with E-state index >= 15 is 0 Å². The SMILES string of the molecule is Cc1nc2c(s1)CCN(C(=O)c1ccc(NC(=O)C3(C)C=COC3)cc1Cl)c1ccccc1-2. The van der Waals surface area contributed by atoms with Crippen molar-refractivity contribution in [1.82, 2.24) is 4.98 Å². The molecule has 0 saturated heterocycles. The van der Waals surface area contributed by atoms with Crippen molar-refractivity contribution in [2.75, 3.05) is 23.4 Å². The molecule has 33 heavy (non-hydrogen) atoms. The first kappa shape index (κ1) is 21.7. The van der Waals surface area contributed by atoms with E-state index in [1.807, 2.05) is 31.2 Å². The van der Waals surface area contributed by atoms with Gasteiger partial charge in [0.1, 0.15) is 12.0 Å². The first-order valence-corrected chi connectivity index (χ1v) is 11.8. The molecular formula is C25H22ClN3O3S. The summed E-state index contributed by atoms with van der Waals surface area (Å²) in [5.41, 5.74) is 2.90. The predicted octanol–water partition coefficient (Wildman–Crippen LogP) is 5.46. The molecule has 3 aromatic rings. The maximum Gasteiger partial charge on any atom is 0.259 e. The zero-order chi connectivity index (χ0) is 23.2. The molecule has 0 bridgehead atoms. The van der Waals surface area contributed by atoms with Gasteiger partial charge in [-0.1, -0.05) is 29.8 Å². The number of amides is 2. The van der Waals surface area contributed by atoms with E-state index < -0.39 is 5.41 Å². The van der Waals surface area contributed by atoms with Crippen molar-refractivity contribution in [2.24, 2.45) is 5.41 Å². The second-order valence-electron chi connectivity index (χ2n) is 8.41. The standard InChI is InChI=1S/C25H22ClN3O3S/c1-15-27-22-18-5-3-4-6-20(18)29(11-9-21(22)33-15)23(30)17-8-7-16(13-19(17)26)28-24(31)25(2)10-12-32-14-25/h3-8,10,12-13H,9,11,14H2,1-2H3,(H,28,31). The highest BCUT2D eigenvalue weighted by molar-refractivity contribution is 7.12. The van der Waals surface area contributed by atoms with Gasteiger partial charge in [-0.3, -0.25) is 9.59 Å². The van der Waals surface area contributed by atoms with Crippen molar-refractivity contribution in [3.8, 4) is 11.3 Å². The molecule has 1 atom stereocenters. The van der Waals surface area contributed by atoms with Crippen LogP contribution >= 0.6 is 22.9 Å². The Labute approximate surface area is 200 Å². The van der Waals surface area contributed by atoms with Crippen LogP contribution in [0.5, 0.6) is 0 Å². The topological polar surface area (TPSA) is 71.5 Å². The van der Waals surface area contributed by atoms with Gasteiger partial charge in [0.25, 0.3) is 5.91 Å². The lowest BCUT2D eigenvalue weighted by Gasteiger charge is -2.24. The van der Waals surface area contributed by atoms with Crippen molar-refractivity contribution < 1.29 is 14.3 Å². The van der Waals surface area contributed by atoms with E-state index in [2.05, 4.69) is 5.32 Å². The molecule has 0 saturated carbocycles. The number of halogens is 1. The van der Waals surface area contributed by atoms with Crippen LogP contribution in [0.2, 0.25) is 5.02 Å². The van der Waals surface area contributed by atoms with Crippen molar-refractivity contribution in [3.63, 3.8) is 0 Å². The highest BCUT2D eigenvalue weighted by atomic mass is 35.5. The fourth-order valence-electron chi connectivity index (χ4n) is 4.10. The van der Waals surface area contributed by atoms with Gasteiger partial charge in [0.15, 0.2) is 0 Å². The number of thiazole rings is 1. The molecule has 0 spiro atoms. The first-order valence-electron chi connectivity index (χ1n) is 10.6. The number of benzene rings is 2. The molecule has 0 radical (unpaired) electrons. The summed E-state index contributed by atoms with van der Waals surface area (Å²) in [6.45, 7) is 4.63. The van der Waals surface area contributed by atoms with Gasteiger partial charge in [-0.25, -0.2) is 4.98 Å². The van der Waals surface area contributed by atoms with Crippen LogP contribution in [0.4, 0.5) is 11.4 Å². The lowest BCUT2D eigenvalue weighted by Crippen LogP contribution is -2.33. The minimum Gasteiger partial charge on any atom is -0.500 e. The van der Waals surface area contributed by atoms with E-state index in [1.54, 1.807) is 47.4 Å². The van der Waals surface area contributed by atoms with E-state index in [1.165, 1.54) is 11.1 Å². The maximum atomic E-state index is 13.6. The van der Waals surface area contributed by atoms with Gasteiger partial charge in [-0.15, -0.1) is 11.3 Å². The summed E-state index contributed by atoms with van der Waals surface area (Å²) in [5.74, 6) is -0.377. The van der Waals surface area contributed by atoms with Crippen molar-refractivity contribution in [2.45, 2.75) is 20.3 Å². The molecular weight excluding hydrogens is 458 g/mol. The molecule has 2 aliphatic heterocycles. The summed E-state index contributed by atoms with van der Waals surface area (Å²) < 4.78 is 5.20. The van der Waals surface area contributed by atoms with Crippen molar-refractivity contribution in [1.29, 1.82) is 0 Å². The first-order chi connectivity index (χ1) is 15.9. The Bertz CT molecular complexity index is 1300. The quantitative estimate of drug-likeness (QED) is 0.541. The third kappa shape index (κ3) is 3.92. The summed E-state index contributed by atoms with van der Waals surface area (Å²) in [4.78, 5) is 33.9. The van der Waals surface area contributed by atoms with Crippen molar-refractivity contribution >= 4 is 46.1 Å². The van der Waals surface area contributed by atoms with Gasteiger partial charge in [-0.05, 0) is 44.2 Å². The second-order valence-corrected chi connectivity index (χ2v) is 10.1. The Balaban J connectivity index is 1.42. The van der Waals surface area contributed by atoms with Crippen LogP contribution in [0, 0.1) is 12.3 Å². The highest BCUT2D eigenvalue weighted by Gasteiger charge is 2.34. The lowest BCUT2D eigenvalue weighted by atomic mass is 9.92. The molecule has 1 unspecified atom stereocenters. The van der Waals surface area contributed by atoms with E-state index in [0.717, 1.165) is 28.4 Å². The van der Waals surface area contributed by atoms with E-state index in [4.69, 9.17) is 21.3 Å². The number of carbonyl (C=O) groups excluding carboxylic acids is 2. The summed E-state index contributed by atoms with van der Waals surface area (Å²) in [5, 5.41) is 4.17. The normalized spacial score (nSPS) is 18.8. The third-order valence-corrected chi connectivity index (χ3v) is 7.30. The number of rotatable bonds is 3. The third-order valence-electron chi connectivity index (χ3n) is 5.95. The molecule has 5 rings (SSSR count). The number of aromatic nitrogens is 1.